The molecule has 0 aromatic heterocycles. The normalized spacial score (nSPS) is 29.1. The summed E-state index contributed by atoms with van der Waals surface area (Å²) >= 11 is 0. The Kier molecular flexibility index (Phi) is 13.9. The van der Waals surface area contributed by atoms with Gasteiger partial charge in [-0.05, 0) is 170 Å². The molecule has 336 valence electrons. The smallest absolute Gasteiger partial charge is 0.343 e. The van der Waals surface area contributed by atoms with Gasteiger partial charge in [0, 0.05) is 18.4 Å². The van der Waals surface area contributed by atoms with Crippen LogP contribution in [0.2, 0.25) is 0 Å². The fourth-order valence-corrected chi connectivity index (χ4v) is 12.8. The van der Waals surface area contributed by atoms with Crippen LogP contribution in [0.15, 0.2) is 72.3 Å². The topological polar surface area (TPSA) is 80.3 Å². The van der Waals surface area contributed by atoms with Crippen molar-refractivity contribution < 1.29 is 33.3 Å². The Morgan fingerprint density at radius 1 is 0.774 bits per heavy atom. The lowest BCUT2D eigenvalue weighted by atomic mass is 9.47. The van der Waals surface area contributed by atoms with E-state index in [1.165, 1.54) is 56.9 Å². The number of rotatable bonds is 18. The van der Waals surface area contributed by atoms with E-state index >= 15 is 0 Å². The maximum absolute atomic E-state index is 13.4. The van der Waals surface area contributed by atoms with E-state index in [-0.39, 0.29) is 22.9 Å². The van der Waals surface area contributed by atoms with Crippen molar-refractivity contribution in [2.24, 2.45) is 51.8 Å². The maximum atomic E-state index is 13.4. The average Bonchev–Trinajstić information content (AvgIpc) is 3.61. The molecule has 0 N–H and O–H groups in total. The van der Waals surface area contributed by atoms with E-state index in [9.17, 15) is 9.59 Å². The van der Waals surface area contributed by atoms with Gasteiger partial charge in [0.1, 0.15) is 17.6 Å². The highest BCUT2D eigenvalue weighted by atomic mass is 16.5. The minimum atomic E-state index is -0.472. The Morgan fingerprint density at radius 3 is 2.19 bits per heavy atom. The van der Waals surface area contributed by atoms with Gasteiger partial charge in [-0.25, -0.2) is 9.59 Å². The first-order valence-electron chi connectivity index (χ1n) is 24.4. The molecule has 1 heterocycles. The van der Waals surface area contributed by atoms with Gasteiger partial charge in [-0.3, -0.25) is 0 Å². The summed E-state index contributed by atoms with van der Waals surface area (Å²) in [6.45, 7) is 18.4. The summed E-state index contributed by atoms with van der Waals surface area (Å²) < 4.78 is 29.2. The number of carbonyl (C=O) groups excluding carboxylic acids is 2. The largest absolute Gasteiger partial charge is 0.494 e. The van der Waals surface area contributed by atoms with Gasteiger partial charge in [0.25, 0.3) is 0 Å². The second-order valence-corrected chi connectivity index (χ2v) is 21.2. The molecule has 3 saturated carbocycles. The lowest BCUT2D eigenvalue weighted by Crippen LogP contribution is -2.51. The van der Waals surface area contributed by atoms with Crippen molar-refractivity contribution in [2.75, 3.05) is 33.0 Å². The number of unbranched alkanes of at least 4 members (excludes halogenated alkanes) is 1. The van der Waals surface area contributed by atoms with E-state index in [0.29, 0.717) is 28.9 Å². The van der Waals surface area contributed by atoms with Crippen molar-refractivity contribution >= 4 is 22.7 Å². The predicted octanol–water partition coefficient (Wildman–Crippen LogP) is 13.2. The first kappa shape index (κ1) is 44.9. The number of hydrogen-bond donors (Lipinski definition) is 0. The molecule has 62 heavy (non-hydrogen) atoms. The molecule has 1 saturated heterocycles. The molecule has 5 aliphatic rings. The molecule has 7 nitrogen and oxygen atoms in total. The summed E-state index contributed by atoms with van der Waals surface area (Å²) in [5.41, 5.74) is 3.27. The lowest BCUT2D eigenvalue weighted by molar-refractivity contribution is -0.150. The maximum Gasteiger partial charge on any atom is 0.343 e. The molecular weight excluding hydrogens is 773 g/mol. The highest BCUT2D eigenvalue weighted by Gasteiger charge is 2.59. The van der Waals surface area contributed by atoms with E-state index in [2.05, 4.69) is 47.6 Å². The summed E-state index contributed by atoms with van der Waals surface area (Å²) in [5.74, 6) is 5.33. The van der Waals surface area contributed by atoms with Crippen LogP contribution in [-0.2, 0) is 14.2 Å². The number of esters is 2. The lowest BCUT2D eigenvalue weighted by Gasteiger charge is -2.58. The minimum absolute atomic E-state index is 0.119. The molecule has 0 bridgehead atoms. The Labute approximate surface area is 372 Å². The quantitative estimate of drug-likeness (QED) is 0.0546. The van der Waals surface area contributed by atoms with E-state index in [1.54, 1.807) is 30.3 Å². The van der Waals surface area contributed by atoms with Crippen molar-refractivity contribution in [1.82, 2.24) is 0 Å². The van der Waals surface area contributed by atoms with Crippen molar-refractivity contribution in [2.45, 2.75) is 138 Å². The SMILES string of the molecule is CCC1(COCCCCOc2ccc3cc(OC(=O)c4ccc(C(=O)OC5CCC6(C)C(=CCC7C6CCC6(C)C(C(C)CCCC(C)C)CCC76)C5)cc4)ccc3c2)COC1. The molecule has 0 amide bonds. The molecule has 3 aromatic rings. The second kappa shape index (κ2) is 19.2. The fourth-order valence-electron chi connectivity index (χ4n) is 12.8. The number of ether oxygens (including phenoxy) is 5. The van der Waals surface area contributed by atoms with E-state index in [4.69, 9.17) is 23.7 Å². The fraction of sp³-hybridized carbons (Fsp3) is 0.636. The molecular formula is C55H74O7. The van der Waals surface area contributed by atoms with Gasteiger partial charge in [0.05, 0.1) is 37.6 Å². The number of allylic oxidation sites excluding steroid dienone is 1. The van der Waals surface area contributed by atoms with Gasteiger partial charge < -0.3 is 23.7 Å². The highest BCUT2D eigenvalue weighted by molar-refractivity contribution is 5.95. The van der Waals surface area contributed by atoms with E-state index < -0.39 is 5.97 Å². The van der Waals surface area contributed by atoms with Gasteiger partial charge >= 0.3 is 11.9 Å². The van der Waals surface area contributed by atoms with Crippen molar-refractivity contribution in [1.29, 1.82) is 0 Å². The van der Waals surface area contributed by atoms with Gasteiger partial charge in [-0.1, -0.05) is 84.6 Å². The Balaban J connectivity index is 0.790. The molecule has 8 rings (SSSR count). The number of benzene rings is 3. The highest BCUT2D eigenvalue weighted by Crippen LogP contribution is 2.67. The third-order valence-electron chi connectivity index (χ3n) is 16.8. The third-order valence-corrected chi connectivity index (χ3v) is 16.8. The molecule has 8 unspecified atom stereocenters. The van der Waals surface area contributed by atoms with Crippen LogP contribution in [0.25, 0.3) is 10.8 Å². The Morgan fingerprint density at radius 2 is 1.48 bits per heavy atom. The minimum Gasteiger partial charge on any atom is -0.494 e. The van der Waals surface area contributed by atoms with E-state index in [0.717, 1.165) is 117 Å². The zero-order chi connectivity index (χ0) is 43.5. The average molecular weight is 847 g/mol. The third kappa shape index (κ3) is 9.55. The first-order chi connectivity index (χ1) is 29.9. The Bertz CT molecular complexity index is 2040. The van der Waals surface area contributed by atoms with Crippen LogP contribution in [0.5, 0.6) is 11.5 Å². The van der Waals surface area contributed by atoms with Crippen LogP contribution < -0.4 is 9.47 Å². The van der Waals surface area contributed by atoms with Gasteiger partial charge in [0.15, 0.2) is 0 Å². The summed E-state index contributed by atoms with van der Waals surface area (Å²) in [6.07, 6.45) is 19.1. The van der Waals surface area contributed by atoms with Gasteiger partial charge in [-0.2, -0.15) is 0 Å². The van der Waals surface area contributed by atoms with Crippen LogP contribution in [0.1, 0.15) is 152 Å². The standard InChI is InChI=1S/C55H74O7/c1-7-55(35-59-36-55)34-58-29-8-9-30-60-44-20-17-42-32-45(21-18-41(42)31-44)61-51(56)39-13-15-40(16-14-39)52(57)62-46-25-27-53(5)43(33-46)19-22-47-49-24-23-48(38(4)12-10-11-37(2)3)54(49,6)28-26-50(47)53/h13-21,31-32,37-38,46-50H,7-12,22-30,33-36H2,1-6H3. The van der Waals surface area contributed by atoms with Crippen molar-refractivity contribution in [3.63, 3.8) is 0 Å². The molecule has 4 fully saturated rings. The summed E-state index contributed by atoms with van der Waals surface area (Å²) in [5, 5.41) is 1.96. The summed E-state index contributed by atoms with van der Waals surface area (Å²) in [4.78, 5) is 26.6. The van der Waals surface area contributed by atoms with Gasteiger partial charge in [-0.15, -0.1) is 0 Å². The molecule has 0 spiro atoms. The van der Waals surface area contributed by atoms with Crippen molar-refractivity contribution in [3.8, 4) is 11.5 Å². The predicted molar refractivity (Wildman–Crippen MR) is 247 cm³/mol. The van der Waals surface area contributed by atoms with Crippen LogP contribution >= 0.6 is 0 Å². The molecule has 8 atom stereocenters. The zero-order valence-corrected chi connectivity index (χ0v) is 38.7. The van der Waals surface area contributed by atoms with E-state index in [1.807, 2.05) is 30.3 Å². The Hall–Kier alpha value is -3.68. The monoisotopic (exact) mass is 847 g/mol. The number of hydrogen-bond acceptors (Lipinski definition) is 7. The van der Waals surface area contributed by atoms with Crippen LogP contribution in [-0.4, -0.2) is 51.1 Å². The number of carbonyl (C=O) groups is 2. The van der Waals surface area contributed by atoms with Crippen LogP contribution in [0, 0.1) is 51.8 Å². The molecule has 0 radical (unpaired) electrons. The zero-order valence-electron chi connectivity index (χ0n) is 38.7. The van der Waals surface area contributed by atoms with Crippen molar-refractivity contribution in [3.05, 3.63) is 83.4 Å². The van der Waals surface area contributed by atoms with Crippen LogP contribution in [0.4, 0.5) is 0 Å². The number of fused-ring (bicyclic) bond motifs is 6. The second-order valence-electron chi connectivity index (χ2n) is 21.2. The van der Waals surface area contributed by atoms with Crippen LogP contribution in [0.3, 0.4) is 0 Å². The molecule has 1 aliphatic heterocycles. The summed E-state index contributed by atoms with van der Waals surface area (Å²) in [7, 11) is 0. The first-order valence-corrected chi connectivity index (χ1v) is 24.4. The summed E-state index contributed by atoms with van der Waals surface area (Å²) in [6, 6.07) is 18.2. The van der Waals surface area contributed by atoms with Gasteiger partial charge in [0.2, 0.25) is 0 Å². The molecule has 7 heteroatoms. The molecule has 4 aliphatic carbocycles. The molecule has 3 aromatic carbocycles.